The molecule has 0 aromatic heterocycles. The van der Waals surface area contributed by atoms with E-state index in [2.05, 4.69) is 94.4 Å². The molecule has 0 aliphatic heterocycles. The molecule has 0 heterocycles. The third-order valence-corrected chi connectivity index (χ3v) is 9.48. The summed E-state index contributed by atoms with van der Waals surface area (Å²) in [6.07, 6.45) is 3.46. The largest absolute Gasteiger partial charge is 0.407 e. The minimum absolute atomic E-state index is 0.0195. The number of benzene rings is 2. The molecule has 0 aliphatic rings. The summed E-state index contributed by atoms with van der Waals surface area (Å²) in [5.74, 6) is 0.196. The number of hydrogen-bond donors (Lipinski definition) is 0. The number of nitrogens with zero attached hydrogens (tertiary/aromatic N) is 1. The maximum absolute atomic E-state index is 8.76. The Morgan fingerprint density at radius 3 is 1.88 bits per heavy atom. The van der Waals surface area contributed by atoms with Crippen LogP contribution in [-0.4, -0.2) is 14.9 Å². The van der Waals surface area contributed by atoms with Crippen molar-refractivity contribution in [3.8, 4) is 6.07 Å². The SMILES string of the molecule is CC(/C=C\C#N)CO[Si](c1ccccc1)(c1ccccc1)C(C)(C)C. The van der Waals surface area contributed by atoms with Gasteiger partial charge < -0.3 is 4.43 Å². The smallest absolute Gasteiger partial charge is 0.261 e. The van der Waals surface area contributed by atoms with E-state index in [9.17, 15) is 0 Å². The fourth-order valence-electron chi connectivity index (χ4n) is 3.28. The highest BCUT2D eigenvalue weighted by Gasteiger charge is 2.50. The zero-order valence-corrected chi connectivity index (χ0v) is 16.6. The Morgan fingerprint density at radius 1 is 1.00 bits per heavy atom. The molecular weight excluding hydrogens is 322 g/mol. The minimum atomic E-state index is -2.47. The highest BCUT2D eigenvalue weighted by molar-refractivity contribution is 6.99. The van der Waals surface area contributed by atoms with E-state index in [1.165, 1.54) is 10.4 Å². The minimum Gasteiger partial charge on any atom is -0.407 e. The number of nitriles is 1. The summed E-state index contributed by atoms with van der Waals surface area (Å²) in [7, 11) is -2.47. The van der Waals surface area contributed by atoms with Gasteiger partial charge in [0.25, 0.3) is 8.32 Å². The first-order valence-corrected chi connectivity index (χ1v) is 10.6. The molecule has 0 spiro atoms. The van der Waals surface area contributed by atoms with Gasteiger partial charge in [-0.3, -0.25) is 0 Å². The summed E-state index contributed by atoms with van der Waals surface area (Å²) in [6, 6.07) is 23.3. The summed E-state index contributed by atoms with van der Waals surface area (Å²) >= 11 is 0. The van der Waals surface area contributed by atoms with Gasteiger partial charge in [-0.25, -0.2) is 0 Å². The average Bonchev–Trinajstić information content (AvgIpc) is 2.61. The summed E-state index contributed by atoms with van der Waals surface area (Å²) < 4.78 is 6.80. The molecule has 1 unspecified atom stereocenters. The van der Waals surface area contributed by atoms with Crippen molar-refractivity contribution < 1.29 is 4.43 Å². The molecule has 2 rings (SSSR count). The van der Waals surface area contributed by atoms with E-state index in [-0.39, 0.29) is 11.0 Å². The third kappa shape index (κ3) is 4.28. The van der Waals surface area contributed by atoms with Crippen molar-refractivity contribution in [3.63, 3.8) is 0 Å². The lowest BCUT2D eigenvalue weighted by Gasteiger charge is -2.43. The Bertz CT molecular complexity index is 687. The predicted octanol–water partition coefficient (Wildman–Crippen LogP) is 4.28. The molecule has 2 aromatic carbocycles. The Balaban J connectivity index is 2.53. The molecule has 130 valence electrons. The van der Waals surface area contributed by atoms with E-state index >= 15 is 0 Å². The maximum Gasteiger partial charge on any atom is 0.261 e. The fraction of sp³-hybridized carbons (Fsp3) is 0.318. The van der Waals surface area contributed by atoms with Crippen LogP contribution in [0.1, 0.15) is 27.7 Å². The quantitative estimate of drug-likeness (QED) is 0.576. The van der Waals surface area contributed by atoms with Crippen LogP contribution in [0.4, 0.5) is 0 Å². The van der Waals surface area contributed by atoms with Crippen LogP contribution in [0.2, 0.25) is 5.04 Å². The zero-order valence-electron chi connectivity index (χ0n) is 15.6. The normalized spacial score (nSPS) is 13.6. The molecule has 0 radical (unpaired) electrons. The van der Waals surface area contributed by atoms with Crippen molar-refractivity contribution in [3.05, 3.63) is 72.8 Å². The van der Waals surface area contributed by atoms with Gasteiger partial charge in [0, 0.05) is 12.7 Å². The van der Waals surface area contributed by atoms with Crippen molar-refractivity contribution in [1.82, 2.24) is 0 Å². The van der Waals surface area contributed by atoms with Crippen molar-refractivity contribution >= 4 is 18.7 Å². The Hall–Kier alpha value is -2.15. The van der Waals surface area contributed by atoms with Gasteiger partial charge >= 0.3 is 0 Å². The summed E-state index contributed by atoms with van der Waals surface area (Å²) in [6.45, 7) is 9.51. The van der Waals surface area contributed by atoms with E-state index in [4.69, 9.17) is 9.69 Å². The third-order valence-electron chi connectivity index (χ3n) is 4.48. The molecule has 0 amide bonds. The Labute approximate surface area is 152 Å². The fourth-order valence-corrected chi connectivity index (χ4v) is 7.95. The van der Waals surface area contributed by atoms with Crippen molar-refractivity contribution in [2.24, 2.45) is 5.92 Å². The van der Waals surface area contributed by atoms with Gasteiger partial charge in [0.2, 0.25) is 0 Å². The molecule has 1 atom stereocenters. The van der Waals surface area contributed by atoms with Crippen LogP contribution in [0, 0.1) is 17.2 Å². The first kappa shape index (κ1) is 19.2. The lowest BCUT2D eigenvalue weighted by molar-refractivity contribution is 0.268. The van der Waals surface area contributed by atoms with Crippen molar-refractivity contribution in [2.45, 2.75) is 32.7 Å². The predicted molar refractivity (Wildman–Crippen MR) is 107 cm³/mol. The van der Waals surface area contributed by atoms with Gasteiger partial charge in [0.15, 0.2) is 0 Å². The maximum atomic E-state index is 8.76. The number of rotatable bonds is 6. The number of hydrogen-bond acceptors (Lipinski definition) is 2. The molecular formula is C22H27NOSi. The van der Waals surface area contributed by atoms with Crippen LogP contribution < -0.4 is 10.4 Å². The Kier molecular flexibility index (Phi) is 6.36. The number of allylic oxidation sites excluding steroid dienone is 1. The average molecular weight is 350 g/mol. The van der Waals surface area contributed by atoms with Gasteiger partial charge in [-0.05, 0) is 21.3 Å². The van der Waals surface area contributed by atoms with Crippen LogP contribution in [-0.2, 0) is 4.43 Å². The van der Waals surface area contributed by atoms with Gasteiger partial charge in [-0.15, -0.1) is 0 Å². The van der Waals surface area contributed by atoms with E-state index in [1.807, 2.05) is 6.08 Å². The standard InChI is InChI=1S/C22H27NOSi/c1-19(12-11-17-23)18-24-25(22(2,3)4,20-13-7-5-8-14-20)21-15-9-6-10-16-21/h5-16,19H,18H2,1-4H3/b12-11-. The molecule has 0 saturated carbocycles. The highest BCUT2D eigenvalue weighted by Crippen LogP contribution is 2.37. The van der Waals surface area contributed by atoms with E-state index in [0.29, 0.717) is 6.61 Å². The van der Waals surface area contributed by atoms with Crippen LogP contribution in [0.3, 0.4) is 0 Å². The van der Waals surface area contributed by atoms with E-state index < -0.39 is 8.32 Å². The molecule has 0 aliphatic carbocycles. The van der Waals surface area contributed by atoms with E-state index in [1.54, 1.807) is 6.08 Å². The lowest BCUT2D eigenvalue weighted by Crippen LogP contribution is -2.66. The molecule has 0 N–H and O–H groups in total. The van der Waals surface area contributed by atoms with Crippen molar-refractivity contribution in [1.29, 1.82) is 5.26 Å². The van der Waals surface area contributed by atoms with Crippen LogP contribution in [0.15, 0.2) is 72.8 Å². The van der Waals surface area contributed by atoms with Gasteiger partial charge in [-0.2, -0.15) is 5.26 Å². The first-order chi connectivity index (χ1) is 11.9. The first-order valence-electron chi connectivity index (χ1n) is 8.73. The highest BCUT2D eigenvalue weighted by atomic mass is 28.4. The monoisotopic (exact) mass is 349 g/mol. The summed E-state index contributed by atoms with van der Waals surface area (Å²) in [4.78, 5) is 0. The Morgan fingerprint density at radius 2 is 1.48 bits per heavy atom. The molecule has 0 saturated heterocycles. The summed E-state index contributed by atoms with van der Waals surface area (Å²) in [5, 5.41) is 11.3. The molecule has 2 aromatic rings. The second-order valence-electron chi connectivity index (χ2n) is 7.44. The zero-order chi connectivity index (χ0) is 18.3. The van der Waals surface area contributed by atoms with Gasteiger partial charge in [0.05, 0.1) is 6.07 Å². The van der Waals surface area contributed by atoms with Crippen molar-refractivity contribution in [2.75, 3.05) is 6.61 Å². The molecule has 0 bridgehead atoms. The lowest BCUT2D eigenvalue weighted by atomic mass is 10.2. The van der Waals surface area contributed by atoms with Crippen LogP contribution in [0.5, 0.6) is 0 Å². The van der Waals surface area contributed by atoms with Gasteiger partial charge in [-0.1, -0.05) is 94.4 Å². The second kappa shape index (κ2) is 8.29. The topological polar surface area (TPSA) is 33.0 Å². The van der Waals surface area contributed by atoms with Gasteiger partial charge in [0.1, 0.15) is 0 Å². The molecule has 2 nitrogen and oxygen atoms in total. The second-order valence-corrected chi connectivity index (χ2v) is 11.7. The summed E-state index contributed by atoms with van der Waals surface area (Å²) in [5.41, 5.74) is 0. The van der Waals surface area contributed by atoms with Crippen LogP contribution >= 0.6 is 0 Å². The molecule has 0 fully saturated rings. The molecule has 3 heteroatoms. The van der Waals surface area contributed by atoms with Crippen LogP contribution in [0.25, 0.3) is 0 Å². The molecule has 25 heavy (non-hydrogen) atoms. The van der Waals surface area contributed by atoms with E-state index in [0.717, 1.165) is 0 Å².